The lowest BCUT2D eigenvalue weighted by Gasteiger charge is -2.11. The summed E-state index contributed by atoms with van der Waals surface area (Å²) in [4.78, 5) is 0.0816. The molecule has 4 aromatic rings. The molecule has 142 valence electrons. The first kappa shape index (κ1) is 18.1. The zero-order valence-corrected chi connectivity index (χ0v) is 16.0. The summed E-state index contributed by atoms with van der Waals surface area (Å²) in [5, 5.41) is 22.9. The summed E-state index contributed by atoms with van der Waals surface area (Å²) in [7, 11) is -3.83. The van der Waals surface area contributed by atoms with Gasteiger partial charge in [-0.3, -0.25) is 4.72 Å². The van der Waals surface area contributed by atoms with E-state index in [2.05, 4.69) is 35.8 Å². The number of aromatic nitrogens is 8. The topological polar surface area (TPSA) is 133 Å². The standard InChI is InChI=1S/C15H13N9O2S2/c1-27-15-17-20-22-24(15)13-6-2-4-11(8-13)18-28(25,26)14-7-3-5-12(9-14)23-10-16-19-21-23/h2-10,18H,1H3. The predicted octanol–water partition coefficient (Wildman–Crippen LogP) is 1.16. The van der Waals surface area contributed by atoms with Gasteiger partial charge in [0.05, 0.1) is 22.0 Å². The minimum absolute atomic E-state index is 0.0816. The molecule has 0 fully saturated rings. The molecule has 0 aliphatic rings. The summed E-state index contributed by atoms with van der Waals surface area (Å²) in [6.45, 7) is 0. The van der Waals surface area contributed by atoms with Crippen molar-refractivity contribution in [2.75, 3.05) is 11.0 Å². The summed E-state index contributed by atoms with van der Waals surface area (Å²) in [5.41, 5.74) is 1.55. The fourth-order valence-electron chi connectivity index (χ4n) is 2.46. The molecule has 0 atom stereocenters. The molecule has 0 aliphatic heterocycles. The number of tetrazole rings is 2. The second kappa shape index (κ2) is 7.36. The van der Waals surface area contributed by atoms with Crippen molar-refractivity contribution in [3.05, 3.63) is 54.9 Å². The maximum absolute atomic E-state index is 12.8. The van der Waals surface area contributed by atoms with Crippen LogP contribution in [0.5, 0.6) is 0 Å². The molecular weight excluding hydrogens is 402 g/mol. The first-order chi connectivity index (χ1) is 13.6. The predicted molar refractivity (Wildman–Crippen MR) is 101 cm³/mol. The Balaban J connectivity index is 1.64. The van der Waals surface area contributed by atoms with E-state index in [0.717, 1.165) is 0 Å². The summed E-state index contributed by atoms with van der Waals surface area (Å²) in [6, 6.07) is 13.1. The number of thioether (sulfide) groups is 1. The minimum Gasteiger partial charge on any atom is -0.280 e. The lowest BCUT2D eigenvalue weighted by atomic mass is 10.3. The van der Waals surface area contributed by atoms with Gasteiger partial charge in [0.2, 0.25) is 5.16 Å². The van der Waals surface area contributed by atoms with Crippen molar-refractivity contribution in [2.45, 2.75) is 10.1 Å². The van der Waals surface area contributed by atoms with Crippen LogP contribution in [-0.2, 0) is 10.0 Å². The van der Waals surface area contributed by atoms with Crippen LogP contribution in [0.15, 0.2) is 64.9 Å². The SMILES string of the molecule is CSc1nnnn1-c1cccc(NS(=O)(=O)c2cccc(-n3cnnn3)c2)c1. The summed E-state index contributed by atoms with van der Waals surface area (Å²) < 4.78 is 31.1. The van der Waals surface area contributed by atoms with Crippen molar-refractivity contribution < 1.29 is 8.42 Å². The number of nitrogens with one attached hydrogen (secondary N) is 1. The number of anilines is 1. The zero-order valence-electron chi connectivity index (χ0n) is 14.4. The Morgan fingerprint density at radius 1 is 1.00 bits per heavy atom. The van der Waals surface area contributed by atoms with Crippen molar-refractivity contribution in [1.29, 1.82) is 0 Å². The Morgan fingerprint density at radius 2 is 1.82 bits per heavy atom. The maximum atomic E-state index is 12.8. The number of sulfonamides is 1. The largest absolute Gasteiger partial charge is 0.280 e. The third kappa shape index (κ3) is 3.57. The Bertz CT molecular complexity index is 1210. The highest BCUT2D eigenvalue weighted by molar-refractivity contribution is 7.98. The third-order valence-electron chi connectivity index (χ3n) is 3.71. The second-order valence-electron chi connectivity index (χ2n) is 5.48. The van der Waals surface area contributed by atoms with Crippen molar-refractivity contribution in [3.8, 4) is 11.4 Å². The van der Waals surface area contributed by atoms with E-state index < -0.39 is 10.0 Å². The van der Waals surface area contributed by atoms with Gasteiger partial charge in [0.15, 0.2) is 0 Å². The highest BCUT2D eigenvalue weighted by Gasteiger charge is 2.16. The normalized spacial score (nSPS) is 11.5. The molecule has 4 rings (SSSR count). The highest BCUT2D eigenvalue weighted by atomic mass is 32.2. The van der Waals surface area contributed by atoms with Gasteiger partial charge in [0.1, 0.15) is 6.33 Å². The fraction of sp³-hybridized carbons (Fsp3) is 0.0667. The van der Waals surface area contributed by atoms with Gasteiger partial charge < -0.3 is 0 Å². The molecular formula is C15H13N9O2S2. The van der Waals surface area contributed by atoms with E-state index in [1.807, 2.05) is 6.26 Å². The Labute approximate surface area is 163 Å². The van der Waals surface area contributed by atoms with Gasteiger partial charge >= 0.3 is 0 Å². The molecule has 2 aromatic heterocycles. The van der Waals surface area contributed by atoms with Crippen LogP contribution in [0.1, 0.15) is 0 Å². The molecule has 0 unspecified atom stereocenters. The van der Waals surface area contributed by atoms with E-state index in [9.17, 15) is 8.42 Å². The molecule has 0 bridgehead atoms. The number of hydrogen-bond donors (Lipinski definition) is 1. The first-order valence-electron chi connectivity index (χ1n) is 7.86. The Morgan fingerprint density at radius 3 is 2.61 bits per heavy atom. The number of benzene rings is 2. The molecule has 0 saturated heterocycles. The molecule has 2 aromatic carbocycles. The number of nitrogens with zero attached hydrogens (tertiary/aromatic N) is 8. The van der Waals surface area contributed by atoms with E-state index in [4.69, 9.17) is 0 Å². The van der Waals surface area contributed by atoms with Gasteiger partial charge in [-0.2, -0.15) is 4.68 Å². The van der Waals surface area contributed by atoms with Crippen LogP contribution < -0.4 is 4.72 Å². The first-order valence-corrected chi connectivity index (χ1v) is 10.6. The third-order valence-corrected chi connectivity index (χ3v) is 5.71. The van der Waals surface area contributed by atoms with E-state index in [1.165, 1.54) is 39.6 Å². The monoisotopic (exact) mass is 415 g/mol. The fourth-order valence-corrected chi connectivity index (χ4v) is 3.98. The quantitative estimate of drug-likeness (QED) is 0.460. The van der Waals surface area contributed by atoms with Crippen LogP contribution in [0, 0.1) is 0 Å². The number of hydrogen-bond acceptors (Lipinski definition) is 9. The molecule has 1 N–H and O–H groups in total. The van der Waals surface area contributed by atoms with Crippen LogP contribution >= 0.6 is 11.8 Å². The average Bonchev–Trinajstić information content (AvgIpc) is 3.40. The van der Waals surface area contributed by atoms with Gasteiger partial charge in [-0.15, -0.1) is 10.2 Å². The molecule has 13 heteroatoms. The van der Waals surface area contributed by atoms with Crippen molar-refractivity contribution in [3.63, 3.8) is 0 Å². The summed E-state index contributed by atoms with van der Waals surface area (Å²) in [5.74, 6) is 0. The molecule has 0 amide bonds. The lowest BCUT2D eigenvalue weighted by Crippen LogP contribution is -2.14. The van der Waals surface area contributed by atoms with Crippen molar-refractivity contribution in [1.82, 2.24) is 40.4 Å². The van der Waals surface area contributed by atoms with Gasteiger partial charge in [0.25, 0.3) is 10.0 Å². The van der Waals surface area contributed by atoms with Crippen LogP contribution in [-0.4, -0.2) is 55.1 Å². The Kier molecular flexibility index (Phi) is 4.75. The van der Waals surface area contributed by atoms with Crippen molar-refractivity contribution in [2.24, 2.45) is 0 Å². The van der Waals surface area contributed by atoms with E-state index in [1.54, 1.807) is 36.4 Å². The molecule has 0 radical (unpaired) electrons. The van der Waals surface area contributed by atoms with Gasteiger partial charge in [0, 0.05) is 0 Å². The van der Waals surface area contributed by atoms with E-state index in [-0.39, 0.29) is 4.90 Å². The maximum Gasteiger partial charge on any atom is 0.261 e. The molecule has 0 saturated carbocycles. The average molecular weight is 415 g/mol. The molecule has 0 spiro atoms. The molecule has 2 heterocycles. The summed E-state index contributed by atoms with van der Waals surface area (Å²) in [6.07, 6.45) is 3.24. The van der Waals surface area contributed by atoms with Crippen LogP contribution in [0.25, 0.3) is 11.4 Å². The van der Waals surface area contributed by atoms with Gasteiger partial charge in [-0.25, -0.2) is 13.1 Å². The van der Waals surface area contributed by atoms with Crippen LogP contribution in [0.3, 0.4) is 0 Å². The van der Waals surface area contributed by atoms with Gasteiger partial charge in [-0.05, 0) is 63.5 Å². The summed E-state index contributed by atoms with van der Waals surface area (Å²) >= 11 is 1.38. The zero-order chi connectivity index (χ0) is 19.6. The lowest BCUT2D eigenvalue weighted by molar-refractivity contribution is 0.601. The molecule has 11 nitrogen and oxygen atoms in total. The van der Waals surface area contributed by atoms with Crippen LogP contribution in [0.4, 0.5) is 5.69 Å². The second-order valence-corrected chi connectivity index (χ2v) is 7.94. The highest BCUT2D eigenvalue weighted by Crippen LogP contribution is 2.22. The number of rotatable bonds is 6. The Hall–Kier alpha value is -3.32. The van der Waals surface area contributed by atoms with Gasteiger partial charge in [-0.1, -0.05) is 23.9 Å². The minimum atomic E-state index is -3.83. The van der Waals surface area contributed by atoms with Crippen molar-refractivity contribution >= 4 is 27.5 Å². The molecule has 0 aliphatic carbocycles. The van der Waals surface area contributed by atoms with Crippen LogP contribution in [0.2, 0.25) is 0 Å². The van der Waals surface area contributed by atoms with E-state index in [0.29, 0.717) is 22.2 Å². The molecule has 28 heavy (non-hydrogen) atoms. The smallest absolute Gasteiger partial charge is 0.261 e. The van der Waals surface area contributed by atoms with E-state index >= 15 is 0 Å².